The summed E-state index contributed by atoms with van der Waals surface area (Å²) in [5.41, 5.74) is 8.27. The summed E-state index contributed by atoms with van der Waals surface area (Å²) in [4.78, 5) is 4.14. The lowest BCUT2D eigenvalue weighted by atomic mass is 10.0. The lowest BCUT2D eigenvalue weighted by Crippen LogP contribution is -2.01. The fourth-order valence-corrected chi connectivity index (χ4v) is 1.53. The van der Waals surface area contributed by atoms with Crippen molar-refractivity contribution < 1.29 is 0 Å². The molecular formula is C14H11N3. The van der Waals surface area contributed by atoms with E-state index in [9.17, 15) is 5.26 Å². The molecule has 0 aliphatic carbocycles. The van der Waals surface area contributed by atoms with Crippen molar-refractivity contribution in [3.63, 3.8) is 0 Å². The quantitative estimate of drug-likeness (QED) is 0.792. The minimum atomic E-state index is 0.400. The van der Waals surface area contributed by atoms with Crippen LogP contribution in [-0.2, 0) is 0 Å². The molecule has 82 valence electrons. The van der Waals surface area contributed by atoms with Crippen molar-refractivity contribution in [2.45, 2.75) is 0 Å². The van der Waals surface area contributed by atoms with Crippen LogP contribution in [0.4, 0.5) is 0 Å². The monoisotopic (exact) mass is 221 g/mol. The molecule has 0 fully saturated rings. The minimum absolute atomic E-state index is 0.400. The van der Waals surface area contributed by atoms with Crippen LogP contribution in [0.2, 0.25) is 0 Å². The molecular weight excluding hydrogens is 210 g/mol. The Balaban J connectivity index is 2.53. The van der Waals surface area contributed by atoms with Gasteiger partial charge >= 0.3 is 0 Å². The Morgan fingerprint density at radius 3 is 2.35 bits per heavy atom. The maximum atomic E-state index is 9.18. The first-order valence-corrected chi connectivity index (χ1v) is 5.19. The third kappa shape index (κ3) is 2.32. The van der Waals surface area contributed by atoms with Crippen molar-refractivity contribution in [1.29, 1.82) is 5.26 Å². The molecule has 0 amide bonds. The Morgan fingerprint density at radius 1 is 1.06 bits per heavy atom. The van der Waals surface area contributed by atoms with Gasteiger partial charge in [-0.2, -0.15) is 5.26 Å². The standard InChI is InChI=1S/C14H11N3/c15-10-12(13-8-4-5-9-17-13)14(16)11-6-2-1-3-7-11/h1-9H,16H2/b14-12-. The summed E-state index contributed by atoms with van der Waals surface area (Å²) in [7, 11) is 0. The fourth-order valence-electron chi connectivity index (χ4n) is 1.53. The van der Waals surface area contributed by atoms with Gasteiger partial charge in [0.1, 0.15) is 11.6 Å². The van der Waals surface area contributed by atoms with Gasteiger partial charge in [-0.3, -0.25) is 4.98 Å². The third-order valence-electron chi connectivity index (χ3n) is 2.39. The number of nitrogens with zero attached hydrogens (tertiary/aromatic N) is 2. The largest absolute Gasteiger partial charge is 0.397 e. The molecule has 2 N–H and O–H groups in total. The van der Waals surface area contributed by atoms with E-state index in [1.165, 1.54) is 0 Å². The van der Waals surface area contributed by atoms with E-state index in [4.69, 9.17) is 5.73 Å². The molecule has 0 aliphatic heterocycles. The summed E-state index contributed by atoms with van der Waals surface area (Å²) in [6.45, 7) is 0. The Labute approximate surface area is 99.8 Å². The lowest BCUT2D eigenvalue weighted by molar-refractivity contribution is 1.28. The summed E-state index contributed by atoms with van der Waals surface area (Å²) in [6.07, 6.45) is 1.64. The second-order valence-electron chi connectivity index (χ2n) is 3.48. The van der Waals surface area contributed by atoms with Gasteiger partial charge in [-0.1, -0.05) is 36.4 Å². The maximum Gasteiger partial charge on any atom is 0.104 e. The molecule has 1 heterocycles. The molecule has 3 heteroatoms. The topological polar surface area (TPSA) is 62.7 Å². The lowest BCUT2D eigenvalue weighted by Gasteiger charge is -2.05. The van der Waals surface area contributed by atoms with E-state index in [0.717, 1.165) is 5.56 Å². The number of nitrogens with two attached hydrogens (primary N) is 1. The van der Waals surface area contributed by atoms with Crippen LogP contribution in [0, 0.1) is 11.3 Å². The summed E-state index contributed by atoms with van der Waals surface area (Å²) < 4.78 is 0. The second kappa shape index (κ2) is 4.95. The zero-order valence-corrected chi connectivity index (χ0v) is 9.17. The highest BCUT2D eigenvalue weighted by Gasteiger charge is 2.08. The van der Waals surface area contributed by atoms with Crippen molar-refractivity contribution in [1.82, 2.24) is 4.98 Å². The van der Waals surface area contributed by atoms with Crippen LogP contribution in [0.3, 0.4) is 0 Å². The Morgan fingerprint density at radius 2 is 1.76 bits per heavy atom. The summed E-state index contributed by atoms with van der Waals surface area (Å²) >= 11 is 0. The fraction of sp³-hybridized carbons (Fsp3) is 0. The zero-order chi connectivity index (χ0) is 12.1. The predicted molar refractivity (Wildman–Crippen MR) is 67.3 cm³/mol. The van der Waals surface area contributed by atoms with Gasteiger partial charge < -0.3 is 5.73 Å². The van der Waals surface area contributed by atoms with Crippen molar-refractivity contribution >= 4 is 11.3 Å². The van der Waals surface area contributed by atoms with Crippen molar-refractivity contribution in [3.8, 4) is 6.07 Å². The number of benzene rings is 1. The highest BCUT2D eigenvalue weighted by atomic mass is 14.7. The van der Waals surface area contributed by atoms with Gasteiger partial charge in [0.05, 0.1) is 11.4 Å². The van der Waals surface area contributed by atoms with Crippen LogP contribution in [-0.4, -0.2) is 4.98 Å². The SMILES string of the molecule is N#C/C(=C(/N)c1ccccc1)c1ccccn1. The molecule has 1 aromatic heterocycles. The van der Waals surface area contributed by atoms with E-state index in [0.29, 0.717) is 17.0 Å². The average Bonchev–Trinajstić information content (AvgIpc) is 2.42. The molecule has 3 nitrogen and oxygen atoms in total. The summed E-state index contributed by atoms with van der Waals surface area (Å²) in [5, 5.41) is 9.18. The number of hydrogen-bond donors (Lipinski definition) is 1. The summed E-state index contributed by atoms with van der Waals surface area (Å²) in [6, 6.07) is 16.9. The predicted octanol–water partition coefficient (Wildman–Crippen LogP) is 2.43. The first-order chi connectivity index (χ1) is 8.33. The van der Waals surface area contributed by atoms with Gasteiger partial charge in [0, 0.05) is 6.20 Å². The zero-order valence-electron chi connectivity index (χ0n) is 9.17. The number of aromatic nitrogens is 1. The molecule has 0 atom stereocenters. The first kappa shape index (κ1) is 10.9. The van der Waals surface area contributed by atoms with Crippen molar-refractivity contribution in [2.24, 2.45) is 5.73 Å². The van der Waals surface area contributed by atoms with Gasteiger partial charge in [-0.05, 0) is 17.7 Å². The van der Waals surface area contributed by atoms with Crippen LogP contribution >= 0.6 is 0 Å². The summed E-state index contributed by atoms with van der Waals surface area (Å²) in [5.74, 6) is 0. The van der Waals surface area contributed by atoms with E-state index in [2.05, 4.69) is 11.1 Å². The Hall–Kier alpha value is -2.60. The third-order valence-corrected chi connectivity index (χ3v) is 2.39. The highest BCUT2D eigenvalue weighted by Crippen LogP contribution is 2.19. The number of pyridine rings is 1. The molecule has 2 aromatic rings. The molecule has 0 saturated carbocycles. The van der Waals surface area contributed by atoms with Gasteiger partial charge in [0.15, 0.2) is 0 Å². The molecule has 17 heavy (non-hydrogen) atoms. The van der Waals surface area contributed by atoms with Crippen LogP contribution in [0.5, 0.6) is 0 Å². The van der Waals surface area contributed by atoms with Crippen molar-refractivity contribution in [3.05, 3.63) is 66.0 Å². The molecule has 0 bridgehead atoms. The number of allylic oxidation sites excluding steroid dienone is 1. The smallest absolute Gasteiger partial charge is 0.104 e. The van der Waals surface area contributed by atoms with Crippen LogP contribution in [0.15, 0.2) is 54.7 Å². The number of nitriles is 1. The number of hydrogen-bond acceptors (Lipinski definition) is 3. The number of rotatable bonds is 2. The van der Waals surface area contributed by atoms with Gasteiger partial charge in [0.25, 0.3) is 0 Å². The molecule has 0 aliphatic rings. The molecule has 0 saturated heterocycles. The first-order valence-electron chi connectivity index (χ1n) is 5.19. The van der Waals surface area contributed by atoms with Gasteiger partial charge in [-0.25, -0.2) is 0 Å². The van der Waals surface area contributed by atoms with Gasteiger partial charge in [0.2, 0.25) is 0 Å². The second-order valence-corrected chi connectivity index (χ2v) is 3.48. The van der Waals surface area contributed by atoms with E-state index in [1.807, 2.05) is 36.4 Å². The van der Waals surface area contributed by atoms with Crippen LogP contribution in [0.1, 0.15) is 11.3 Å². The minimum Gasteiger partial charge on any atom is -0.397 e. The molecule has 1 aromatic carbocycles. The highest BCUT2D eigenvalue weighted by molar-refractivity contribution is 5.94. The molecule has 0 radical (unpaired) electrons. The average molecular weight is 221 g/mol. The van der Waals surface area contributed by atoms with E-state index in [-0.39, 0.29) is 0 Å². The Kier molecular flexibility index (Phi) is 3.18. The van der Waals surface area contributed by atoms with E-state index < -0.39 is 0 Å². The van der Waals surface area contributed by atoms with E-state index in [1.54, 1.807) is 18.3 Å². The van der Waals surface area contributed by atoms with Crippen LogP contribution < -0.4 is 5.73 Å². The van der Waals surface area contributed by atoms with Crippen LogP contribution in [0.25, 0.3) is 11.3 Å². The molecule has 2 rings (SSSR count). The normalized spacial score (nSPS) is 11.5. The van der Waals surface area contributed by atoms with Crippen molar-refractivity contribution in [2.75, 3.05) is 0 Å². The van der Waals surface area contributed by atoms with E-state index >= 15 is 0 Å². The molecule has 0 unspecified atom stereocenters. The Bertz CT molecular complexity index is 565. The molecule has 0 spiro atoms. The van der Waals surface area contributed by atoms with Gasteiger partial charge in [-0.15, -0.1) is 0 Å². The maximum absolute atomic E-state index is 9.18.